The molecule has 1 rings (SSSR count). The fourth-order valence-corrected chi connectivity index (χ4v) is 0.972. The minimum Gasteiger partial charge on any atom is -0.340 e. The van der Waals surface area contributed by atoms with Gasteiger partial charge in [-0.15, -0.1) is 0 Å². The lowest BCUT2D eigenvalue weighted by molar-refractivity contribution is -0.106. The van der Waals surface area contributed by atoms with Gasteiger partial charge in [-0.05, 0) is 18.2 Å². The summed E-state index contributed by atoms with van der Waals surface area (Å²) in [5, 5.41) is 2.27. The van der Waals surface area contributed by atoms with Crippen molar-refractivity contribution >= 4 is 18.1 Å². The topological polar surface area (TPSA) is 49.4 Å². The van der Waals surface area contributed by atoms with E-state index < -0.39 is 11.8 Å². The Bertz CT molecular complexity index is 354. The molecule has 0 aliphatic carbocycles. The van der Waals surface area contributed by atoms with Crippen molar-refractivity contribution in [2.75, 3.05) is 11.9 Å². The second-order valence-corrected chi connectivity index (χ2v) is 2.51. The van der Waals surface area contributed by atoms with Gasteiger partial charge in [0.2, 0.25) is 6.41 Å². The second-order valence-electron chi connectivity index (χ2n) is 2.51. The Balaban J connectivity index is 3.00. The predicted molar refractivity (Wildman–Crippen MR) is 49.4 cm³/mol. The van der Waals surface area contributed by atoms with Crippen LogP contribution in [0, 0.1) is 5.82 Å². The zero-order valence-electron chi connectivity index (χ0n) is 7.53. The Morgan fingerprint density at radius 3 is 2.79 bits per heavy atom. The van der Waals surface area contributed by atoms with E-state index in [0.717, 1.165) is 11.0 Å². The molecular formula is C9H9FN2O2. The average Bonchev–Trinajstić information content (AvgIpc) is 2.19. The maximum Gasteiger partial charge on any atom is 0.328 e. The van der Waals surface area contributed by atoms with Gasteiger partial charge < -0.3 is 5.32 Å². The van der Waals surface area contributed by atoms with Crippen LogP contribution in [0.25, 0.3) is 0 Å². The zero-order chi connectivity index (χ0) is 10.6. The van der Waals surface area contributed by atoms with E-state index in [1.165, 1.54) is 25.2 Å². The highest BCUT2D eigenvalue weighted by Crippen LogP contribution is 2.13. The van der Waals surface area contributed by atoms with Gasteiger partial charge in [-0.25, -0.2) is 14.1 Å². The Kier molecular flexibility index (Phi) is 3.17. The minimum absolute atomic E-state index is 0.194. The molecule has 1 aromatic carbocycles. The fourth-order valence-electron chi connectivity index (χ4n) is 0.972. The smallest absolute Gasteiger partial charge is 0.328 e. The molecule has 0 bridgehead atoms. The minimum atomic E-state index is -0.606. The van der Waals surface area contributed by atoms with Crippen molar-refractivity contribution in [3.63, 3.8) is 0 Å². The maximum atomic E-state index is 12.8. The van der Waals surface area contributed by atoms with E-state index in [-0.39, 0.29) is 5.69 Å². The van der Waals surface area contributed by atoms with Gasteiger partial charge in [0.15, 0.2) is 0 Å². The van der Waals surface area contributed by atoms with Gasteiger partial charge in [-0.3, -0.25) is 4.79 Å². The van der Waals surface area contributed by atoms with Crippen LogP contribution in [0.1, 0.15) is 0 Å². The van der Waals surface area contributed by atoms with Crippen molar-refractivity contribution in [1.82, 2.24) is 5.32 Å². The summed E-state index contributed by atoms with van der Waals surface area (Å²) in [6.07, 6.45) is 0.327. The number of hydrogen-bond acceptors (Lipinski definition) is 2. The molecule has 0 spiro atoms. The third-order valence-corrected chi connectivity index (χ3v) is 1.62. The number of amides is 3. The van der Waals surface area contributed by atoms with Crippen LogP contribution < -0.4 is 10.2 Å². The third-order valence-electron chi connectivity index (χ3n) is 1.62. The van der Waals surface area contributed by atoms with E-state index in [4.69, 9.17) is 0 Å². The highest BCUT2D eigenvalue weighted by Gasteiger charge is 2.12. The first kappa shape index (κ1) is 10.2. The first-order chi connectivity index (χ1) is 6.69. The lowest BCUT2D eigenvalue weighted by Gasteiger charge is -2.14. The number of rotatable bonds is 2. The molecule has 0 unspecified atom stereocenters. The van der Waals surface area contributed by atoms with Gasteiger partial charge in [-0.2, -0.15) is 0 Å². The molecule has 0 heterocycles. The summed E-state index contributed by atoms with van der Waals surface area (Å²) in [6.45, 7) is 0. The summed E-state index contributed by atoms with van der Waals surface area (Å²) < 4.78 is 12.8. The molecule has 14 heavy (non-hydrogen) atoms. The maximum absolute atomic E-state index is 12.8. The number of nitrogens with zero attached hydrogens (tertiary/aromatic N) is 1. The van der Waals surface area contributed by atoms with Gasteiger partial charge in [0.05, 0.1) is 5.69 Å². The molecule has 5 heteroatoms. The molecule has 0 aromatic heterocycles. The Labute approximate surface area is 80.3 Å². The Morgan fingerprint density at radius 1 is 1.57 bits per heavy atom. The molecule has 1 N–H and O–H groups in total. The lowest BCUT2D eigenvalue weighted by Crippen LogP contribution is -2.37. The molecule has 4 nitrogen and oxygen atoms in total. The Hall–Kier alpha value is -1.91. The number of benzene rings is 1. The second kappa shape index (κ2) is 4.36. The normalized spacial score (nSPS) is 9.29. The Morgan fingerprint density at radius 2 is 2.29 bits per heavy atom. The van der Waals surface area contributed by atoms with Crippen molar-refractivity contribution in [3.8, 4) is 0 Å². The number of halogens is 1. The molecule has 0 saturated heterocycles. The van der Waals surface area contributed by atoms with Gasteiger partial charge >= 0.3 is 6.03 Å². The van der Waals surface area contributed by atoms with Gasteiger partial charge in [0.1, 0.15) is 5.82 Å². The van der Waals surface area contributed by atoms with Crippen LogP contribution in [0.2, 0.25) is 0 Å². The molecule has 0 aliphatic heterocycles. The number of carbonyl (C=O) groups excluding carboxylic acids is 2. The van der Waals surface area contributed by atoms with E-state index in [0.29, 0.717) is 6.41 Å². The van der Waals surface area contributed by atoms with Gasteiger partial charge in [0.25, 0.3) is 0 Å². The molecule has 0 radical (unpaired) electrons. The number of nitrogens with one attached hydrogen (secondary N) is 1. The third kappa shape index (κ3) is 2.07. The summed E-state index contributed by atoms with van der Waals surface area (Å²) in [5.74, 6) is -0.502. The highest BCUT2D eigenvalue weighted by atomic mass is 19.1. The van der Waals surface area contributed by atoms with Gasteiger partial charge in [-0.1, -0.05) is 6.07 Å². The molecule has 74 valence electrons. The number of hydrogen-bond donors (Lipinski definition) is 1. The molecule has 1 aromatic rings. The SMILES string of the molecule is CNC(=O)N(C=O)c1cccc(F)c1. The number of anilines is 1. The predicted octanol–water partition coefficient (Wildman–Crippen LogP) is 1.13. The summed E-state index contributed by atoms with van der Waals surface area (Å²) in [4.78, 5) is 22.5. The molecular weight excluding hydrogens is 187 g/mol. The summed E-state index contributed by atoms with van der Waals surface area (Å²) >= 11 is 0. The first-order valence-electron chi connectivity index (χ1n) is 3.91. The molecule has 0 atom stereocenters. The summed E-state index contributed by atoms with van der Waals surface area (Å²) in [6, 6.07) is 4.61. The quantitative estimate of drug-likeness (QED) is 0.721. The van der Waals surface area contributed by atoms with Crippen LogP contribution in [0.3, 0.4) is 0 Å². The summed E-state index contributed by atoms with van der Waals surface area (Å²) in [5.41, 5.74) is 0.194. The van der Waals surface area contributed by atoms with Crippen LogP contribution in [-0.4, -0.2) is 19.5 Å². The van der Waals surface area contributed by atoms with Crippen LogP contribution in [0.5, 0.6) is 0 Å². The van der Waals surface area contributed by atoms with Crippen LogP contribution in [0.4, 0.5) is 14.9 Å². The highest BCUT2D eigenvalue weighted by molar-refractivity contribution is 6.05. The number of urea groups is 1. The van der Waals surface area contributed by atoms with Crippen LogP contribution in [-0.2, 0) is 4.79 Å². The fraction of sp³-hybridized carbons (Fsp3) is 0.111. The van der Waals surface area contributed by atoms with E-state index in [1.54, 1.807) is 0 Å². The standard InChI is InChI=1S/C9H9FN2O2/c1-11-9(14)12(6-13)8-4-2-3-7(10)5-8/h2-6H,1H3,(H,11,14). The average molecular weight is 196 g/mol. The largest absolute Gasteiger partial charge is 0.340 e. The molecule has 0 fully saturated rings. The van der Waals surface area contributed by atoms with Crippen molar-refractivity contribution < 1.29 is 14.0 Å². The monoisotopic (exact) mass is 196 g/mol. The van der Waals surface area contributed by atoms with E-state index >= 15 is 0 Å². The van der Waals surface area contributed by atoms with Crippen molar-refractivity contribution in [1.29, 1.82) is 0 Å². The van der Waals surface area contributed by atoms with E-state index in [9.17, 15) is 14.0 Å². The van der Waals surface area contributed by atoms with Gasteiger partial charge in [0, 0.05) is 7.05 Å². The number of imide groups is 1. The first-order valence-corrected chi connectivity index (χ1v) is 3.91. The van der Waals surface area contributed by atoms with Crippen molar-refractivity contribution in [2.45, 2.75) is 0 Å². The molecule has 3 amide bonds. The van der Waals surface area contributed by atoms with E-state index in [2.05, 4.69) is 5.32 Å². The lowest BCUT2D eigenvalue weighted by atomic mass is 10.3. The molecule has 0 aliphatic rings. The van der Waals surface area contributed by atoms with Crippen LogP contribution in [0.15, 0.2) is 24.3 Å². The van der Waals surface area contributed by atoms with Crippen molar-refractivity contribution in [2.24, 2.45) is 0 Å². The summed E-state index contributed by atoms with van der Waals surface area (Å²) in [7, 11) is 1.39. The van der Waals surface area contributed by atoms with E-state index in [1.807, 2.05) is 0 Å². The number of carbonyl (C=O) groups is 2. The van der Waals surface area contributed by atoms with Crippen LogP contribution >= 0.6 is 0 Å². The van der Waals surface area contributed by atoms with Crippen molar-refractivity contribution in [3.05, 3.63) is 30.1 Å². The molecule has 0 saturated carbocycles. The zero-order valence-corrected chi connectivity index (χ0v) is 7.53.